The normalized spacial score (nSPS) is 10.1. The highest BCUT2D eigenvalue weighted by Gasteiger charge is 2.06. The third kappa shape index (κ3) is 2.60. The van der Waals surface area contributed by atoms with Crippen molar-refractivity contribution in [2.75, 3.05) is 0 Å². The van der Waals surface area contributed by atoms with Crippen LogP contribution < -0.4 is 5.32 Å². The first kappa shape index (κ1) is 10.7. The van der Waals surface area contributed by atoms with Gasteiger partial charge in [0.2, 0.25) is 0 Å². The summed E-state index contributed by atoms with van der Waals surface area (Å²) in [6, 6.07) is 0. The standard InChI is InChI=1S/C10H10N4OS/c1-7-2-12-9(4-11-7)5-13-10(15)8-3-14-16-6-8/h2-4,6H,5H2,1H3,(H,13,15). The highest BCUT2D eigenvalue weighted by molar-refractivity contribution is 7.03. The maximum atomic E-state index is 11.6. The van der Waals surface area contributed by atoms with E-state index >= 15 is 0 Å². The average Bonchev–Trinajstić information content (AvgIpc) is 2.81. The van der Waals surface area contributed by atoms with E-state index in [1.165, 1.54) is 11.5 Å². The highest BCUT2D eigenvalue weighted by atomic mass is 32.1. The monoisotopic (exact) mass is 234 g/mol. The molecule has 2 rings (SSSR count). The molecule has 82 valence electrons. The summed E-state index contributed by atoms with van der Waals surface area (Å²) in [7, 11) is 0. The molecule has 0 aliphatic rings. The van der Waals surface area contributed by atoms with Crippen LogP contribution in [0, 0.1) is 6.92 Å². The zero-order chi connectivity index (χ0) is 11.4. The molecule has 0 radical (unpaired) electrons. The van der Waals surface area contributed by atoms with Crippen LogP contribution in [0.2, 0.25) is 0 Å². The average molecular weight is 234 g/mol. The molecule has 0 bridgehead atoms. The van der Waals surface area contributed by atoms with Crippen molar-refractivity contribution in [2.24, 2.45) is 0 Å². The van der Waals surface area contributed by atoms with E-state index in [0.717, 1.165) is 11.4 Å². The third-order valence-electron chi connectivity index (χ3n) is 1.96. The molecule has 2 aromatic rings. The van der Waals surface area contributed by atoms with E-state index in [1.807, 2.05) is 6.92 Å². The molecule has 0 fully saturated rings. The van der Waals surface area contributed by atoms with Crippen LogP contribution >= 0.6 is 11.5 Å². The number of amides is 1. The van der Waals surface area contributed by atoms with Gasteiger partial charge in [-0.1, -0.05) is 0 Å². The summed E-state index contributed by atoms with van der Waals surface area (Å²) >= 11 is 1.25. The molecule has 0 saturated heterocycles. The first-order valence-corrected chi connectivity index (χ1v) is 5.54. The van der Waals surface area contributed by atoms with Crippen LogP contribution in [0.15, 0.2) is 24.0 Å². The lowest BCUT2D eigenvalue weighted by Crippen LogP contribution is -2.22. The van der Waals surface area contributed by atoms with Gasteiger partial charge in [-0.2, -0.15) is 0 Å². The molecule has 0 saturated carbocycles. The molecule has 5 nitrogen and oxygen atoms in total. The van der Waals surface area contributed by atoms with Gasteiger partial charge in [-0.25, -0.2) is 4.37 Å². The van der Waals surface area contributed by atoms with Gasteiger partial charge in [0.1, 0.15) is 0 Å². The van der Waals surface area contributed by atoms with Crippen molar-refractivity contribution in [3.63, 3.8) is 0 Å². The molecule has 1 N–H and O–H groups in total. The van der Waals surface area contributed by atoms with Crippen molar-refractivity contribution >= 4 is 17.4 Å². The van der Waals surface area contributed by atoms with Gasteiger partial charge in [-0.05, 0) is 18.5 Å². The first-order chi connectivity index (χ1) is 7.75. The Morgan fingerprint density at radius 2 is 2.25 bits per heavy atom. The number of aromatic nitrogens is 3. The Bertz CT molecular complexity index is 466. The molecular weight excluding hydrogens is 224 g/mol. The van der Waals surface area contributed by atoms with E-state index in [9.17, 15) is 4.79 Å². The smallest absolute Gasteiger partial charge is 0.254 e. The van der Waals surface area contributed by atoms with E-state index in [1.54, 1.807) is 24.0 Å². The van der Waals surface area contributed by atoms with Crippen LogP contribution in [-0.2, 0) is 6.54 Å². The Kier molecular flexibility index (Phi) is 3.21. The molecule has 16 heavy (non-hydrogen) atoms. The number of hydrogen-bond donors (Lipinski definition) is 1. The molecule has 2 aromatic heterocycles. The maximum Gasteiger partial charge on any atom is 0.254 e. The van der Waals surface area contributed by atoms with Crippen molar-refractivity contribution in [1.29, 1.82) is 0 Å². The lowest BCUT2D eigenvalue weighted by Gasteiger charge is -2.02. The van der Waals surface area contributed by atoms with E-state index < -0.39 is 0 Å². The second kappa shape index (κ2) is 4.80. The number of hydrogen-bond acceptors (Lipinski definition) is 5. The molecule has 0 aromatic carbocycles. The SMILES string of the molecule is Cc1cnc(CNC(=O)c2cnsc2)cn1. The number of carbonyl (C=O) groups is 1. The predicted octanol–water partition coefficient (Wildman–Crippen LogP) is 1.17. The van der Waals surface area contributed by atoms with Crippen molar-refractivity contribution in [3.05, 3.63) is 40.9 Å². The fourth-order valence-electron chi connectivity index (χ4n) is 1.10. The summed E-state index contributed by atoms with van der Waals surface area (Å²) in [6.45, 7) is 2.24. The summed E-state index contributed by atoms with van der Waals surface area (Å²) in [4.78, 5) is 19.8. The van der Waals surface area contributed by atoms with Gasteiger partial charge in [-0.3, -0.25) is 14.8 Å². The van der Waals surface area contributed by atoms with Gasteiger partial charge in [0.25, 0.3) is 5.91 Å². The Morgan fingerprint density at radius 3 is 2.88 bits per heavy atom. The number of carbonyl (C=O) groups excluding carboxylic acids is 1. The summed E-state index contributed by atoms with van der Waals surface area (Å²) in [6.07, 6.45) is 4.87. The van der Waals surface area contributed by atoms with Crippen LogP contribution in [0.3, 0.4) is 0 Å². The number of nitrogens with one attached hydrogen (secondary N) is 1. The quantitative estimate of drug-likeness (QED) is 0.865. The van der Waals surface area contributed by atoms with Crippen LogP contribution in [-0.4, -0.2) is 20.2 Å². The van der Waals surface area contributed by atoms with Gasteiger partial charge < -0.3 is 5.32 Å². The predicted molar refractivity (Wildman–Crippen MR) is 60.1 cm³/mol. The Labute approximate surface area is 96.7 Å². The summed E-state index contributed by atoms with van der Waals surface area (Å²) in [5, 5.41) is 4.45. The first-order valence-electron chi connectivity index (χ1n) is 4.71. The molecule has 1 amide bonds. The minimum atomic E-state index is -0.142. The minimum Gasteiger partial charge on any atom is -0.346 e. The van der Waals surface area contributed by atoms with Crippen LogP contribution in [0.25, 0.3) is 0 Å². The zero-order valence-electron chi connectivity index (χ0n) is 8.67. The molecule has 0 aliphatic carbocycles. The van der Waals surface area contributed by atoms with Gasteiger partial charge in [-0.15, -0.1) is 0 Å². The largest absolute Gasteiger partial charge is 0.346 e. The molecular formula is C10H10N4OS. The molecule has 0 unspecified atom stereocenters. The van der Waals surface area contributed by atoms with Crippen molar-refractivity contribution < 1.29 is 4.79 Å². The fourth-order valence-corrected chi connectivity index (χ4v) is 1.62. The van der Waals surface area contributed by atoms with Gasteiger partial charge in [0.05, 0.1) is 35.9 Å². The fraction of sp³-hybridized carbons (Fsp3) is 0.200. The van der Waals surface area contributed by atoms with E-state index in [2.05, 4.69) is 19.7 Å². The molecule has 0 spiro atoms. The molecule has 2 heterocycles. The lowest BCUT2D eigenvalue weighted by molar-refractivity contribution is 0.0950. The lowest BCUT2D eigenvalue weighted by atomic mass is 10.3. The Morgan fingerprint density at radius 1 is 1.38 bits per heavy atom. The summed E-state index contributed by atoms with van der Waals surface area (Å²) < 4.78 is 3.86. The van der Waals surface area contributed by atoms with Crippen molar-refractivity contribution in [1.82, 2.24) is 19.7 Å². The van der Waals surface area contributed by atoms with Crippen LogP contribution in [0.5, 0.6) is 0 Å². The van der Waals surface area contributed by atoms with E-state index in [0.29, 0.717) is 12.1 Å². The van der Waals surface area contributed by atoms with Crippen LogP contribution in [0.4, 0.5) is 0 Å². The topological polar surface area (TPSA) is 67.8 Å². The summed E-state index contributed by atoms with van der Waals surface area (Å²) in [5.74, 6) is -0.142. The Hall–Kier alpha value is -1.82. The third-order valence-corrected chi connectivity index (χ3v) is 2.55. The van der Waals surface area contributed by atoms with E-state index in [-0.39, 0.29) is 5.91 Å². The molecule has 0 aliphatic heterocycles. The maximum absolute atomic E-state index is 11.6. The van der Waals surface area contributed by atoms with Crippen molar-refractivity contribution in [2.45, 2.75) is 13.5 Å². The Balaban J connectivity index is 1.93. The number of nitrogens with zero attached hydrogens (tertiary/aromatic N) is 3. The number of aryl methyl sites for hydroxylation is 1. The summed E-state index contributed by atoms with van der Waals surface area (Å²) in [5.41, 5.74) is 2.17. The second-order valence-electron chi connectivity index (χ2n) is 3.24. The highest BCUT2D eigenvalue weighted by Crippen LogP contribution is 2.01. The molecule has 6 heteroatoms. The second-order valence-corrected chi connectivity index (χ2v) is 3.90. The minimum absolute atomic E-state index is 0.142. The van der Waals surface area contributed by atoms with Crippen molar-refractivity contribution in [3.8, 4) is 0 Å². The van der Waals surface area contributed by atoms with Gasteiger partial charge >= 0.3 is 0 Å². The molecule has 0 atom stereocenters. The van der Waals surface area contributed by atoms with E-state index in [4.69, 9.17) is 0 Å². The van der Waals surface area contributed by atoms with Crippen LogP contribution in [0.1, 0.15) is 21.7 Å². The van der Waals surface area contributed by atoms with Gasteiger partial charge in [0.15, 0.2) is 0 Å². The van der Waals surface area contributed by atoms with Gasteiger partial charge in [0, 0.05) is 11.6 Å². The number of rotatable bonds is 3. The zero-order valence-corrected chi connectivity index (χ0v) is 9.49.